The van der Waals surface area contributed by atoms with Crippen molar-refractivity contribution < 1.29 is 18.6 Å². The number of halogens is 2. The molecule has 2 bridgehead atoms. The third-order valence-electron chi connectivity index (χ3n) is 5.66. The van der Waals surface area contributed by atoms with Crippen molar-refractivity contribution in [2.45, 2.75) is 56.7 Å². The summed E-state index contributed by atoms with van der Waals surface area (Å²) in [6.07, 6.45) is -0.0450. The van der Waals surface area contributed by atoms with Crippen LogP contribution >= 0.6 is 11.3 Å². The third-order valence-corrected chi connectivity index (χ3v) is 6.51. The molecule has 0 amide bonds. The van der Waals surface area contributed by atoms with Gasteiger partial charge in [0.15, 0.2) is 5.01 Å². The monoisotopic (exact) mass is 433 g/mol. The lowest BCUT2D eigenvalue weighted by molar-refractivity contribution is 0.00936. The number of nitrogens with zero attached hydrogens (tertiary/aromatic N) is 4. The highest BCUT2D eigenvalue weighted by Crippen LogP contribution is 2.37. The van der Waals surface area contributed by atoms with E-state index in [0.29, 0.717) is 28.6 Å². The summed E-state index contributed by atoms with van der Waals surface area (Å²) in [5, 5.41) is 26.8. The van der Waals surface area contributed by atoms with Crippen molar-refractivity contribution in [1.82, 2.24) is 25.3 Å². The van der Waals surface area contributed by atoms with Crippen molar-refractivity contribution >= 4 is 11.3 Å². The topological polar surface area (TPSA) is 85.1 Å². The molecule has 0 spiro atoms. The fourth-order valence-electron chi connectivity index (χ4n) is 4.13. The Kier molecular flexibility index (Phi) is 4.90. The first-order chi connectivity index (χ1) is 14.5. The number of hydrogen-bond acceptors (Lipinski definition) is 7. The molecule has 5 rings (SSSR count). The Bertz CT molecular complexity index is 1040. The largest absolute Gasteiger partial charge is 0.507 e. The first kappa shape index (κ1) is 19.4. The zero-order valence-electron chi connectivity index (χ0n) is 16.2. The van der Waals surface area contributed by atoms with Crippen molar-refractivity contribution in [3.63, 3.8) is 0 Å². The summed E-state index contributed by atoms with van der Waals surface area (Å²) >= 11 is 1.19. The number of aromatic hydroxyl groups is 1. The van der Waals surface area contributed by atoms with E-state index in [1.807, 2.05) is 25.3 Å². The molecule has 7 nitrogen and oxygen atoms in total. The molecular formula is C20H21F2N5O2S. The molecular weight excluding hydrogens is 412 g/mol. The van der Waals surface area contributed by atoms with Gasteiger partial charge in [0.05, 0.1) is 16.9 Å². The first-order valence-electron chi connectivity index (χ1n) is 9.86. The van der Waals surface area contributed by atoms with Crippen molar-refractivity contribution in [2.24, 2.45) is 0 Å². The van der Waals surface area contributed by atoms with Gasteiger partial charge in [-0.1, -0.05) is 16.4 Å². The Morgan fingerprint density at radius 1 is 1.13 bits per heavy atom. The molecule has 1 aromatic carbocycles. The second kappa shape index (κ2) is 7.59. The average Bonchev–Trinajstić information content (AvgIpc) is 3.35. The highest BCUT2D eigenvalue weighted by Gasteiger charge is 2.43. The van der Waals surface area contributed by atoms with Gasteiger partial charge in [0.1, 0.15) is 24.2 Å². The van der Waals surface area contributed by atoms with E-state index in [2.05, 4.69) is 20.6 Å². The number of ether oxygens (including phenoxy) is 1. The molecule has 0 radical (unpaired) electrons. The van der Waals surface area contributed by atoms with Gasteiger partial charge >= 0.3 is 0 Å². The normalized spacial score (nSPS) is 28.4. The second-order valence-electron chi connectivity index (χ2n) is 7.83. The summed E-state index contributed by atoms with van der Waals surface area (Å²) in [6.45, 7) is 1.89. The van der Waals surface area contributed by atoms with Crippen LogP contribution in [-0.2, 0) is 0 Å². The Hall–Kier alpha value is -2.59. The minimum Gasteiger partial charge on any atom is -0.507 e. The van der Waals surface area contributed by atoms with Crippen LogP contribution in [0.15, 0.2) is 30.5 Å². The zero-order valence-corrected chi connectivity index (χ0v) is 17.0. The second-order valence-corrected chi connectivity index (χ2v) is 8.77. The number of nitrogens with one attached hydrogen (secondary N) is 1. The van der Waals surface area contributed by atoms with Crippen molar-refractivity contribution in [2.75, 3.05) is 0 Å². The van der Waals surface area contributed by atoms with Gasteiger partial charge in [-0.15, -0.1) is 5.10 Å². The molecule has 2 saturated heterocycles. The first-order valence-corrected chi connectivity index (χ1v) is 10.7. The molecule has 0 saturated carbocycles. The van der Waals surface area contributed by atoms with Gasteiger partial charge in [-0.05, 0) is 25.1 Å². The van der Waals surface area contributed by atoms with Crippen LogP contribution in [0.2, 0.25) is 0 Å². The lowest BCUT2D eigenvalue weighted by Crippen LogP contribution is -2.60. The molecule has 2 aliphatic heterocycles. The lowest BCUT2D eigenvalue weighted by atomic mass is 9.83. The number of hydrogen-bond donors (Lipinski definition) is 2. The summed E-state index contributed by atoms with van der Waals surface area (Å²) in [6, 6.07) is 6.29. The Balaban J connectivity index is 1.31. The molecule has 2 aromatic heterocycles. The van der Waals surface area contributed by atoms with E-state index < -0.39 is 24.4 Å². The number of piperidine rings is 2. The maximum atomic E-state index is 14.0. The Morgan fingerprint density at radius 3 is 2.57 bits per heavy atom. The molecule has 4 unspecified atom stereocenters. The molecule has 4 atom stereocenters. The van der Waals surface area contributed by atoms with Crippen LogP contribution in [0.4, 0.5) is 8.78 Å². The number of benzene rings is 1. The number of rotatable bonds is 4. The molecule has 3 aromatic rings. The van der Waals surface area contributed by atoms with Gasteiger partial charge < -0.3 is 15.2 Å². The van der Waals surface area contributed by atoms with Gasteiger partial charge in [0.25, 0.3) is 5.19 Å². The lowest BCUT2D eigenvalue weighted by Gasteiger charge is -2.43. The summed E-state index contributed by atoms with van der Waals surface area (Å²) in [7, 11) is 0. The number of aryl methyl sites for hydroxylation is 1. The SMILES string of the molecule is Cc1ccn(-c2ccc(-c3nnc(OC4CC5NC(C4)C(F)CC5F)s3)c(O)c2)n1. The highest BCUT2D eigenvalue weighted by atomic mass is 32.1. The van der Waals surface area contributed by atoms with Gasteiger partial charge in [0.2, 0.25) is 0 Å². The minimum atomic E-state index is -1.21. The van der Waals surface area contributed by atoms with E-state index in [-0.39, 0.29) is 18.3 Å². The van der Waals surface area contributed by atoms with Crippen molar-refractivity contribution in [1.29, 1.82) is 0 Å². The van der Waals surface area contributed by atoms with Gasteiger partial charge in [-0.2, -0.15) is 5.10 Å². The van der Waals surface area contributed by atoms with Crippen LogP contribution in [-0.4, -0.2) is 55.6 Å². The fraction of sp³-hybridized carbons (Fsp3) is 0.450. The van der Waals surface area contributed by atoms with Crippen LogP contribution in [0.25, 0.3) is 16.3 Å². The number of fused-ring (bicyclic) bond motifs is 2. The van der Waals surface area contributed by atoms with Gasteiger partial charge in [0, 0.05) is 43.6 Å². The third kappa shape index (κ3) is 3.65. The molecule has 10 heteroatoms. The number of phenols is 1. The van der Waals surface area contributed by atoms with Crippen molar-refractivity contribution in [3.05, 3.63) is 36.2 Å². The zero-order chi connectivity index (χ0) is 20.8. The van der Waals surface area contributed by atoms with E-state index in [1.165, 1.54) is 11.3 Å². The summed E-state index contributed by atoms with van der Waals surface area (Å²) < 4.78 is 35.6. The minimum absolute atomic E-state index is 0.0502. The van der Waals surface area contributed by atoms with Crippen LogP contribution in [0.5, 0.6) is 10.9 Å². The Labute approximate surface area is 175 Å². The fourth-order valence-corrected chi connectivity index (χ4v) is 4.92. The van der Waals surface area contributed by atoms with E-state index >= 15 is 0 Å². The maximum Gasteiger partial charge on any atom is 0.294 e. The van der Waals surface area contributed by atoms with Crippen LogP contribution < -0.4 is 10.1 Å². The molecule has 2 aliphatic rings. The number of phenolic OH excluding ortho intramolecular Hbond substituents is 1. The van der Waals surface area contributed by atoms with Gasteiger partial charge in [-0.3, -0.25) is 0 Å². The molecule has 30 heavy (non-hydrogen) atoms. The summed E-state index contributed by atoms with van der Waals surface area (Å²) in [5.41, 5.74) is 2.14. The number of alkyl halides is 2. The highest BCUT2D eigenvalue weighted by molar-refractivity contribution is 7.16. The molecule has 0 aliphatic carbocycles. The average molecular weight is 433 g/mol. The quantitative estimate of drug-likeness (QED) is 0.656. The van der Waals surface area contributed by atoms with Crippen LogP contribution in [0, 0.1) is 6.92 Å². The van der Waals surface area contributed by atoms with Crippen molar-refractivity contribution in [3.8, 4) is 27.2 Å². The van der Waals surface area contributed by atoms with E-state index in [1.54, 1.807) is 16.8 Å². The Morgan fingerprint density at radius 2 is 1.90 bits per heavy atom. The van der Waals surface area contributed by atoms with E-state index in [9.17, 15) is 13.9 Å². The van der Waals surface area contributed by atoms with E-state index in [4.69, 9.17) is 4.74 Å². The molecule has 2 N–H and O–H groups in total. The smallest absolute Gasteiger partial charge is 0.294 e. The maximum absolute atomic E-state index is 14.0. The summed E-state index contributed by atoms with van der Waals surface area (Å²) in [4.78, 5) is 0. The predicted molar refractivity (Wildman–Crippen MR) is 108 cm³/mol. The predicted octanol–water partition coefficient (Wildman–Crippen LogP) is 3.35. The van der Waals surface area contributed by atoms with Crippen LogP contribution in [0.1, 0.15) is 25.0 Å². The van der Waals surface area contributed by atoms with E-state index in [0.717, 1.165) is 11.4 Å². The number of aromatic nitrogens is 4. The molecule has 158 valence electrons. The summed E-state index contributed by atoms with van der Waals surface area (Å²) in [5.74, 6) is 0.0558. The standard InChI is InChI=1S/C20H21F2N5O2S/c1-10-4-5-27(26-10)11-2-3-13(18(28)6-11)19-24-25-20(30-19)29-12-7-16-14(21)9-15(22)17(8-12)23-16/h2-6,12,14-17,23,28H,7-9H2,1H3. The van der Waals surface area contributed by atoms with Gasteiger partial charge in [-0.25, -0.2) is 13.5 Å². The molecule has 4 heterocycles. The van der Waals surface area contributed by atoms with Crippen LogP contribution in [0.3, 0.4) is 0 Å². The molecule has 2 fully saturated rings.